The number of thioether (sulfide) groups is 2. The Bertz CT molecular complexity index is 272. The van der Waals surface area contributed by atoms with E-state index >= 15 is 0 Å². The van der Waals surface area contributed by atoms with Crippen LogP contribution in [-0.4, -0.2) is 34.3 Å². The van der Waals surface area contributed by atoms with Crippen LogP contribution in [0.25, 0.3) is 0 Å². The van der Waals surface area contributed by atoms with Crippen LogP contribution < -0.4 is 0 Å². The second kappa shape index (κ2) is 4.68. The van der Waals surface area contributed by atoms with Crippen LogP contribution in [0.5, 0.6) is 0 Å². The summed E-state index contributed by atoms with van der Waals surface area (Å²) in [6.07, 6.45) is -5.31. The van der Waals surface area contributed by atoms with E-state index in [1.54, 1.807) is 0 Å². The first kappa shape index (κ1) is 12.4. The largest absolute Gasteiger partial charge is 0.451 e. The maximum absolute atomic E-state index is 12.6. The Morgan fingerprint density at radius 2 is 1.81 bits per heavy atom. The van der Waals surface area contributed by atoms with Crippen LogP contribution in [0.15, 0.2) is 0 Å². The highest BCUT2D eigenvalue weighted by Gasteiger charge is 2.52. The molecular formula is C9H11F3O2S2. The van der Waals surface area contributed by atoms with Crippen LogP contribution in [0.3, 0.4) is 0 Å². The van der Waals surface area contributed by atoms with Gasteiger partial charge in [0, 0.05) is 17.4 Å². The summed E-state index contributed by atoms with van der Waals surface area (Å²) in [4.78, 5) is 11.5. The van der Waals surface area contributed by atoms with Gasteiger partial charge in [0.2, 0.25) is 0 Å². The van der Waals surface area contributed by atoms with Crippen LogP contribution >= 0.6 is 23.5 Å². The van der Waals surface area contributed by atoms with E-state index in [9.17, 15) is 18.0 Å². The first-order chi connectivity index (χ1) is 7.48. The monoisotopic (exact) mass is 272 g/mol. The molecule has 1 saturated carbocycles. The maximum Gasteiger partial charge on any atom is 0.425 e. The van der Waals surface area contributed by atoms with Gasteiger partial charge in [0.05, 0.1) is 0 Å². The van der Waals surface area contributed by atoms with Gasteiger partial charge in [-0.1, -0.05) is 0 Å². The molecule has 1 aliphatic heterocycles. The fourth-order valence-electron chi connectivity index (χ4n) is 1.50. The first-order valence-electron chi connectivity index (χ1n) is 4.99. The summed E-state index contributed by atoms with van der Waals surface area (Å²) in [5.74, 6) is 0.358. The Morgan fingerprint density at radius 1 is 1.25 bits per heavy atom. The van der Waals surface area contributed by atoms with Gasteiger partial charge in [0.25, 0.3) is 0 Å². The van der Waals surface area contributed by atoms with E-state index in [1.165, 1.54) is 23.5 Å². The van der Waals surface area contributed by atoms with Crippen LogP contribution in [0.2, 0.25) is 0 Å². The molecule has 1 atom stereocenters. The average molecular weight is 272 g/mol. The number of alkyl halides is 3. The topological polar surface area (TPSA) is 26.3 Å². The second-order valence-corrected chi connectivity index (χ2v) is 6.53. The zero-order chi connectivity index (χ0) is 11.8. The van der Waals surface area contributed by atoms with Gasteiger partial charge >= 0.3 is 12.1 Å². The van der Waals surface area contributed by atoms with E-state index in [0.29, 0.717) is 12.8 Å². The fourth-order valence-corrected chi connectivity index (χ4v) is 4.05. The van der Waals surface area contributed by atoms with Gasteiger partial charge < -0.3 is 4.74 Å². The summed E-state index contributed by atoms with van der Waals surface area (Å²) >= 11 is 2.71. The molecule has 7 heteroatoms. The lowest BCUT2D eigenvalue weighted by Gasteiger charge is -2.21. The van der Waals surface area contributed by atoms with E-state index in [1.807, 2.05) is 0 Å². The molecule has 0 unspecified atom stereocenters. The summed E-state index contributed by atoms with van der Waals surface area (Å²) in [5, 5.41) is 0. The maximum atomic E-state index is 12.6. The third-order valence-corrected chi connectivity index (χ3v) is 5.38. The summed E-state index contributed by atoms with van der Waals surface area (Å²) < 4.78 is 41.9. The predicted octanol–water partition coefficient (Wildman–Crippen LogP) is 2.68. The number of hydrogen-bond acceptors (Lipinski definition) is 4. The average Bonchev–Trinajstić information content (AvgIpc) is 2.85. The Hall–Kier alpha value is -0.0400. The molecule has 2 fully saturated rings. The van der Waals surface area contributed by atoms with E-state index in [0.717, 1.165) is 11.5 Å². The smallest absolute Gasteiger partial charge is 0.425 e. The van der Waals surface area contributed by atoms with E-state index in [4.69, 9.17) is 0 Å². The molecule has 1 saturated heterocycles. The summed E-state index contributed by atoms with van der Waals surface area (Å²) in [6.45, 7) is 0. The van der Waals surface area contributed by atoms with Gasteiger partial charge in [-0.3, -0.25) is 0 Å². The molecule has 16 heavy (non-hydrogen) atoms. The fraction of sp³-hybridized carbons (Fsp3) is 0.889. The molecule has 0 aromatic rings. The lowest BCUT2D eigenvalue weighted by Crippen LogP contribution is -2.37. The SMILES string of the molecule is O=C(O[C@@H](C1CC1)C(F)(F)F)C1SCCS1. The molecule has 2 nitrogen and oxygen atoms in total. The Labute approximate surface area is 99.7 Å². The van der Waals surface area contributed by atoms with Crippen molar-refractivity contribution in [3.05, 3.63) is 0 Å². The highest BCUT2D eigenvalue weighted by molar-refractivity contribution is 8.21. The van der Waals surface area contributed by atoms with E-state index in [-0.39, 0.29) is 0 Å². The van der Waals surface area contributed by atoms with Crippen LogP contribution in [0, 0.1) is 5.92 Å². The number of halogens is 3. The molecular weight excluding hydrogens is 261 g/mol. The molecule has 0 spiro atoms. The minimum absolute atomic E-state index is 0.469. The molecule has 92 valence electrons. The quantitative estimate of drug-likeness (QED) is 0.738. The molecule has 0 amide bonds. The standard InChI is InChI=1S/C9H11F3O2S2/c10-9(11,12)6(5-1-2-5)14-7(13)8-15-3-4-16-8/h5-6,8H,1-4H2/t6-/m0/s1. The second-order valence-electron chi connectivity index (χ2n) is 3.81. The van der Waals surface area contributed by atoms with Gasteiger partial charge in [-0.15, -0.1) is 23.5 Å². The number of carbonyl (C=O) groups excluding carboxylic acids is 1. The van der Waals surface area contributed by atoms with Crippen molar-refractivity contribution in [1.82, 2.24) is 0 Å². The molecule has 2 aliphatic rings. The third-order valence-electron chi connectivity index (χ3n) is 2.43. The van der Waals surface area contributed by atoms with Crippen LogP contribution in [-0.2, 0) is 9.53 Å². The van der Waals surface area contributed by atoms with Gasteiger partial charge in [0.15, 0.2) is 6.10 Å². The highest BCUT2D eigenvalue weighted by atomic mass is 32.2. The van der Waals surface area contributed by atoms with Crippen molar-refractivity contribution >= 4 is 29.5 Å². The number of esters is 1. The Balaban J connectivity index is 1.92. The lowest BCUT2D eigenvalue weighted by atomic mass is 10.2. The summed E-state index contributed by atoms with van der Waals surface area (Å²) in [7, 11) is 0. The number of carbonyl (C=O) groups is 1. The highest BCUT2D eigenvalue weighted by Crippen LogP contribution is 2.43. The lowest BCUT2D eigenvalue weighted by molar-refractivity contribution is -0.225. The Kier molecular flexibility index (Phi) is 3.63. The molecule has 1 heterocycles. The predicted molar refractivity (Wildman–Crippen MR) is 57.4 cm³/mol. The zero-order valence-corrected chi connectivity index (χ0v) is 9.96. The molecule has 2 rings (SSSR count). The van der Waals surface area contributed by atoms with Gasteiger partial charge in [-0.05, 0) is 12.8 Å². The number of hydrogen-bond donors (Lipinski definition) is 0. The van der Waals surface area contributed by atoms with Crippen molar-refractivity contribution in [3.63, 3.8) is 0 Å². The van der Waals surface area contributed by atoms with Crippen LogP contribution in [0.1, 0.15) is 12.8 Å². The third kappa shape index (κ3) is 3.00. The summed E-state index contributed by atoms with van der Waals surface area (Å²) in [5.41, 5.74) is 0. The van der Waals surface area contributed by atoms with Crippen molar-refractivity contribution in [2.24, 2.45) is 5.92 Å². The van der Waals surface area contributed by atoms with Crippen molar-refractivity contribution in [3.8, 4) is 0 Å². The van der Waals surface area contributed by atoms with Gasteiger partial charge in [-0.2, -0.15) is 13.2 Å². The van der Waals surface area contributed by atoms with Crippen molar-refractivity contribution < 1.29 is 22.7 Å². The Morgan fingerprint density at radius 3 is 2.25 bits per heavy atom. The number of ether oxygens (including phenoxy) is 1. The van der Waals surface area contributed by atoms with Gasteiger partial charge in [0.1, 0.15) is 4.58 Å². The molecule has 0 aromatic carbocycles. The first-order valence-corrected chi connectivity index (χ1v) is 7.08. The number of rotatable bonds is 3. The van der Waals surface area contributed by atoms with Crippen molar-refractivity contribution in [2.45, 2.75) is 29.7 Å². The normalized spacial score (nSPS) is 24.4. The van der Waals surface area contributed by atoms with Crippen molar-refractivity contribution in [2.75, 3.05) is 11.5 Å². The minimum atomic E-state index is -4.43. The molecule has 1 aliphatic carbocycles. The molecule has 0 N–H and O–H groups in total. The van der Waals surface area contributed by atoms with Gasteiger partial charge in [-0.25, -0.2) is 4.79 Å². The zero-order valence-electron chi connectivity index (χ0n) is 8.33. The van der Waals surface area contributed by atoms with E-state index in [2.05, 4.69) is 4.74 Å². The van der Waals surface area contributed by atoms with Crippen molar-refractivity contribution in [1.29, 1.82) is 0 Å². The van der Waals surface area contributed by atoms with E-state index < -0.39 is 28.7 Å². The summed E-state index contributed by atoms with van der Waals surface area (Å²) in [6, 6.07) is 0. The molecule has 0 bridgehead atoms. The molecule has 0 aromatic heterocycles. The van der Waals surface area contributed by atoms with Crippen LogP contribution in [0.4, 0.5) is 13.2 Å². The molecule has 0 radical (unpaired) electrons. The minimum Gasteiger partial charge on any atom is -0.451 e.